The van der Waals surface area contributed by atoms with E-state index >= 15 is 0 Å². The Bertz CT molecular complexity index is 474. The second kappa shape index (κ2) is 6.24. The third-order valence-electron chi connectivity index (χ3n) is 4.44. The minimum Gasteiger partial charge on any atom is -0.481 e. The standard InChI is InChI=1S/C15H22N2O2S/c18-15(19)9-11-4-5-12(20-11)10-16-13-6-8-17-7-2-1-3-14(13)17/h4-5,13-14,16H,1-3,6-10H2,(H,18,19). The first kappa shape index (κ1) is 14.0. The van der Waals surface area contributed by atoms with Crippen molar-refractivity contribution in [3.63, 3.8) is 0 Å². The molecule has 2 atom stereocenters. The number of carbonyl (C=O) groups is 1. The third kappa shape index (κ3) is 3.22. The van der Waals surface area contributed by atoms with Crippen molar-refractivity contribution in [3.8, 4) is 0 Å². The molecule has 2 unspecified atom stereocenters. The molecule has 0 saturated carbocycles. The maximum Gasteiger partial charge on any atom is 0.308 e. The summed E-state index contributed by atoms with van der Waals surface area (Å²) in [6, 6.07) is 5.34. The molecule has 1 aromatic rings. The van der Waals surface area contributed by atoms with Gasteiger partial charge in [0.2, 0.25) is 0 Å². The Labute approximate surface area is 123 Å². The van der Waals surface area contributed by atoms with E-state index in [1.807, 2.05) is 6.07 Å². The number of nitrogens with zero attached hydrogens (tertiary/aromatic N) is 1. The Kier molecular flexibility index (Phi) is 4.38. The van der Waals surface area contributed by atoms with Crippen LogP contribution in [0.15, 0.2) is 12.1 Å². The minimum absolute atomic E-state index is 0.143. The molecule has 0 amide bonds. The maximum absolute atomic E-state index is 10.7. The lowest BCUT2D eigenvalue weighted by atomic mass is 9.99. The summed E-state index contributed by atoms with van der Waals surface area (Å²) in [6.07, 6.45) is 5.43. The Morgan fingerprint density at radius 3 is 3.00 bits per heavy atom. The minimum atomic E-state index is -0.750. The Hall–Kier alpha value is -0.910. The molecule has 2 aliphatic rings. The van der Waals surface area contributed by atoms with E-state index in [1.54, 1.807) is 11.3 Å². The summed E-state index contributed by atoms with van der Waals surface area (Å²) in [5.74, 6) is -0.750. The number of carboxylic acids is 1. The SMILES string of the molecule is O=C(O)Cc1ccc(CNC2CCN3CCCCC23)s1. The monoisotopic (exact) mass is 294 g/mol. The first-order valence-electron chi connectivity index (χ1n) is 7.49. The lowest BCUT2D eigenvalue weighted by Crippen LogP contribution is -2.44. The van der Waals surface area contributed by atoms with Crippen LogP contribution in [0, 0.1) is 0 Å². The Morgan fingerprint density at radius 2 is 2.15 bits per heavy atom. The van der Waals surface area contributed by atoms with Crippen molar-refractivity contribution in [3.05, 3.63) is 21.9 Å². The highest BCUT2D eigenvalue weighted by Crippen LogP contribution is 2.27. The van der Waals surface area contributed by atoms with E-state index in [0.717, 1.165) is 17.5 Å². The predicted octanol–water partition coefficient (Wildman–Crippen LogP) is 2.09. The van der Waals surface area contributed by atoms with Gasteiger partial charge in [-0.2, -0.15) is 0 Å². The molecule has 20 heavy (non-hydrogen) atoms. The van der Waals surface area contributed by atoms with Crippen LogP contribution < -0.4 is 5.32 Å². The second-order valence-electron chi connectivity index (χ2n) is 5.81. The third-order valence-corrected chi connectivity index (χ3v) is 5.52. The first-order valence-corrected chi connectivity index (χ1v) is 8.31. The van der Waals surface area contributed by atoms with Gasteiger partial charge < -0.3 is 10.4 Å². The van der Waals surface area contributed by atoms with Crippen molar-refractivity contribution in [2.24, 2.45) is 0 Å². The van der Waals surface area contributed by atoms with Crippen LogP contribution >= 0.6 is 11.3 Å². The summed E-state index contributed by atoms with van der Waals surface area (Å²) >= 11 is 1.62. The number of rotatable bonds is 5. The van der Waals surface area contributed by atoms with Crippen molar-refractivity contribution in [2.75, 3.05) is 13.1 Å². The van der Waals surface area contributed by atoms with Crippen molar-refractivity contribution in [1.82, 2.24) is 10.2 Å². The molecule has 0 bridgehead atoms. The van der Waals surface area contributed by atoms with E-state index in [4.69, 9.17) is 5.11 Å². The van der Waals surface area contributed by atoms with Crippen LogP contribution in [0.4, 0.5) is 0 Å². The van der Waals surface area contributed by atoms with Gasteiger partial charge in [-0.05, 0) is 37.9 Å². The molecule has 4 nitrogen and oxygen atoms in total. The van der Waals surface area contributed by atoms with E-state index in [-0.39, 0.29) is 6.42 Å². The maximum atomic E-state index is 10.7. The molecule has 0 radical (unpaired) electrons. The molecular weight excluding hydrogens is 272 g/mol. The first-order chi connectivity index (χ1) is 9.72. The molecular formula is C15H22N2O2S. The fourth-order valence-electron chi connectivity index (χ4n) is 3.48. The van der Waals surface area contributed by atoms with Crippen molar-refractivity contribution < 1.29 is 9.90 Å². The van der Waals surface area contributed by atoms with Crippen LogP contribution in [0.25, 0.3) is 0 Å². The fraction of sp³-hybridized carbons (Fsp3) is 0.667. The van der Waals surface area contributed by atoms with E-state index in [2.05, 4.69) is 16.3 Å². The summed E-state index contributed by atoms with van der Waals surface area (Å²) in [4.78, 5) is 15.5. The van der Waals surface area contributed by atoms with Gasteiger partial charge in [-0.15, -0.1) is 11.3 Å². The summed E-state index contributed by atoms with van der Waals surface area (Å²) in [5, 5.41) is 12.5. The van der Waals surface area contributed by atoms with Crippen LogP contribution in [0.2, 0.25) is 0 Å². The number of thiophene rings is 1. The number of fused-ring (bicyclic) bond motifs is 1. The van der Waals surface area contributed by atoms with Crippen LogP contribution in [0.1, 0.15) is 35.4 Å². The molecule has 3 heterocycles. The normalized spacial score (nSPS) is 26.6. The highest BCUT2D eigenvalue weighted by Gasteiger charge is 2.34. The average Bonchev–Trinajstić information content (AvgIpc) is 3.02. The highest BCUT2D eigenvalue weighted by molar-refractivity contribution is 7.12. The predicted molar refractivity (Wildman–Crippen MR) is 80.1 cm³/mol. The lowest BCUT2D eigenvalue weighted by molar-refractivity contribution is -0.136. The van der Waals surface area contributed by atoms with E-state index in [1.165, 1.54) is 43.6 Å². The summed E-state index contributed by atoms with van der Waals surface area (Å²) in [7, 11) is 0. The van der Waals surface area contributed by atoms with E-state index < -0.39 is 5.97 Å². The quantitative estimate of drug-likeness (QED) is 0.873. The number of piperidine rings is 1. The van der Waals surface area contributed by atoms with Gasteiger partial charge in [-0.1, -0.05) is 6.42 Å². The molecule has 0 spiro atoms. The molecule has 3 rings (SSSR count). The lowest BCUT2D eigenvalue weighted by Gasteiger charge is -2.32. The van der Waals surface area contributed by atoms with Crippen molar-refractivity contribution in [1.29, 1.82) is 0 Å². The van der Waals surface area contributed by atoms with Gasteiger partial charge in [-0.3, -0.25) is 9.69 Å². The zero-order valence-electron chi connectivity index (χ0n) is 11.7. The van der Waals surface area contributed by atoms with Gasteiger partial charge in [0.25, 0.3) is 0 Å². The van der Waals surface area contributed by atoms with Crippen molar-refractivity contribution in [2.45, 2.75) is 50.7 Å². The molecule has 5 heteroatoms. The topological polar surface area (TPSA) is 52.6 Å². The zero-order chi connectivity index (χ0) is 13.9. The summed E-state index contributed by atoms with van der Waals surface area (Å²) in [6.45, 7) is 3.38. The molecule has 2 saturated heterocycles. The Balaban J connectivity index is 1.51. The number of nitrogens with one attached hydrogen (secondary N) is 1. The van der Waals surface area contributed by atoms with Crippen molar-refractivity contribution >= 4 is 17.3 Å². The van der Waals surface area contributed by atoms with Gasteiger partial charge >= 0.3 is 5.97 Å². The van der Waals surface area contributed by atoms with Gasteiger partial charge in [0.1, 0.15) is 0 Å². The van der Waals surface area contributed by atoms with Crippen LogP contribution in [0.3, 0.4) is 0 Å². The second-order valence-corrected chi connectivity index (χ2v) is 7.07. The van der Waals surface area contributed by atoms with E-state index in [9.17, 15) is 4.79 Å². The molecule has 0 aliphatic carbocycles. The molecule has 1 aromatic heterocycles. The molecule has 110 valence electrons. The van der Waals surface area contributed by atoms with E-state index in [0.29, 0.717) is 6.04 Å². The molecule has 0 aromatic carbocycles. The molecule has 2 N–H and O–H groups in total. The molecule has 2 aliphatic heterocycles. The van der Waals surface area contributed by atoms with Crippen LogP contribution in [0.5, 0.6) is 0 Å². The van der Waals surface area contributed by atoms with Crippen LogP contribution in [-0.4, -0.2) is 41.1 Å². The summed E-state index contributed by atoms with van der Waals surface area (Å²) < 4.78 is 0. The number of hydrogen-bond acceptors (Lipinski definition) is 4. The van der Waals surface area contributed by atoms with Gasteiger partial charge in [-0.25, -0.2) is 0 Å². The van der Waals surface area contributed by atoms with Gasteiger partial charge in [0.15, 0.2) is 0 Å². The largest absolute Gasteiger partial charge is 0.481 e. The highest BCUT2D eigenvalue weighted by atomic mass is 32.1. The summed E-state index contributed by atoms with van der Waals surface area (Å²) in [5.41, 5.74) is 0. The average molecular weight is 294 g/mol. The fourth-order valence-corrected chi connectivity index (χ4v) is 4.44. The van der Waals surface area contributed by atoms with Crippen LogP contribution in [-0.2, 0) is 17.8 Å². The number of aliphatic carboxylic acids is 1. The van der Waals surface area contributed by atoms with Gasteiger partial charge in [0.05, 0.1) is 6.42 Å². The molecule has 2 fully saturated rings. The van der Waals surface area contributed by atoms with Gasteiger partial charge in [0, 0.05) is 34.9 Å². The zero-order valence-corrected chi connectivity index (χ0v) is 12.5. The number of hydrogen-bond donors (Lipinski definition) is 2. The Morgan fingerprint density at radius 1 is 1.30 bits per heavy atom. The smallest absolute Gasteiger partial charge is 0.308 e. The number of carboxylic acid groups (broad SMARTS) is 1.